The van der Waals surface area contributed by atoms with E-state index < -0.39 is 0 Å². The minimum atomic E-state index is -0.0184. The molecule has 0 aliphatic rings. The van der Waals surface area contributed by atoms with Crippen LogP contribution in [0.4, 0.5) is 11.6 Å². The van der Waals surface area contributed by atoms with Crippen molar-refractivity contribution < 1.29 is 4.85 Å². The van der Waals surface area contributed by atoms with Gasteiger partial charge in [0.15, 0.2) is 0 Å². The van der Waals surface area contributed by atoms with Crippen LogP contribution in [-0.2, 0) is 0 Å². The van der Waals surface area contributed by atoms with Crippen LogP contribution in [0.1, 0.15) is 0 Å². The first kappa shape index (κ1) is 9.45. The Morgan fingerprint density at radius 3 is 2.80 bits per heavy atom. The predicted octanol–water partition coefficient (Wildman–Crippen LogP) is -0.0886. The van der Waals surface area contributed by atoms with E-state index in [0.29, 0.717) is 15.9 Å². The molecule has 2 rings (SSSR count). The van der Waals surface area contributed by atoms with Crippen LogP contribution >= 0.6 is 0 Å². The Morgan fingerprint density at radius 1 is 1.40 bits per heavy atom. The lowest BCUT2D eigenvalue weighted by Crippen LogP contribution is -2.33. The van der Waals surface area contributed by atoms with Crippen molar-refractivity contribution in [2.45, 2.75) is 0 Å². The van der Waals surface area contributed by atoms with Crippen molar-refractivity contribution in [2.24, 2.45) is 0 Å². The molecule has 0 amide bonds. The van der Waals surface area contributed by atoms with Crippen LogP contribution in [0.5, 0.6) is 0 Å². The first-order valence-electron chi connectivity index (χ1n) is 4.42. The SMILES string of the molecule is CN(C)c1ccc2nc(N)n[n+]([O-])c2c1. The Bertz CT molecular complexity index is 511. The van der Waals surface area contributed by atoms with Crippen molar-refractivity contribution in [2.75, 3.05) is 24.7 Å². The second kappa shape index (κ2) is 3.23. The van der Waals surface area contributed by atoms with E-state index in [4.69, 9.17) is 5.73 Å². The number of nitrogens with zero attached hydrogens (tertiary/aromatic N) is 4. The summed E-state index contributed by atoms with van der Waals surface area (Å²) in [7, 11) is 3.79. The van der Waals surface area contributed by atoms with Crippen molar-refractivity contribution in [1.29, 1.82) is 0 Å². The molecule has 0 aliphatic carbocycles. The molecule has 0 atom stereocenters. The quantitative estimate of drug-likeness (QED) is 0.519. The van der Waals surface area contributed by atoms with Gasteiger partial charge in [-0.3, -0.25) is 0 Å². The van der Waals surface area contributed by atoms with Crippen LogP contribution in [0.25, 0.3) is 11.0 Å². The first-order chi connectivity index (χ1) is 7.08. The summed E-state index contributed by atoms with van der Waals surface area (Å²) in [5.41, 5.74) is 7.24. The average Bonchev–Trinajstić information content (AvgIpc) is 2.16. The van der Waals surface area contributed by atoms with Gasteiger partial charge >= 0.3 is 0 Å². The minimum Gasteiger partial charge on any atom is -0.594 e. The fraction of sp³-hybridized carbons (Fsp3) is 0.222. The highest BCUT2D eigenvalue weighted by Gasteiger charge is 2.10. The molecule has 1 aromatic carbocycles. The smallest absolute Gasteiger partial charge is 0.288 e. The zero-order valence-corrected chi connectivity index (χ0v) is 8.51. The van der Waals surface area contributed by atoms with Gasteiger partial charge in [0, 0.05) is 25.8 Å². The number of aromatic nitrogens is 3. The summed E-state index contributed by atoms with van der Waals surface area (Å²) in [5, 5.41) is 15.0. The lowest BCUT2D eigenvalue weighted by molar-refractivity contribution is -0.641. The predicted molar refractivity (Wildman–Crippen MR) is 57.2 cm³/mol. The molecule has 0 spiro atoms. The Labute approximate surface area is 86.5 Å². The van der Waals surface area contributed by atoms with Crippen LogP contribution < -0.4 is 15.5 Å². The van der Waals surface area contributed by atoms with Gasteiger partial charge in [0.1, 0.15) is 5.52 Å². The van der Waals surface area contributed by atoms with Crippen molar-refractivity contribution in [3.05, 3.63) is 23.4 Å². The number of rotatable bonds is 1. The molecule has 0 aliphatic heterocycles. The van der Waals surface area contributed by atoms with Gasteiger partial charge in [0.25, 0.3) is 11.5 Å². The second-order valence-electron chi connectivity index (χ2n) is 3.41. The highest BCUT2D eigenvalue weighted by Crippen LogP contribution is 2.16. The van der Waals surface area contributed by atoms with Gasteiger partial charge in [-0.2, -0.15) is 0 Å². The van der Waals surface area contributed by atoms with E-state index >= 15 is 0 Å². The summed E-state index contributed by atoms with van der Waals surface area (Å²) in [6, 6.07) is 5.34. The minimum absolute atomic E-state index is 0.0184. The van der Waals surface area contributed by atoms with Crippen molar-refractivity contribution >= 4 is 22.7 Å². The van der Waals surface area contributed by atoms with E-state index in [1.807, 2.05) is 25.1 Å². The number of nitrogen functional groups attached to an aromatic ring is 1. The summed E-state index contributed by atoms with van der Waals surface area (Å²) >= 11 is 0. The lowest BCUT2D eigenvalue weighted by Gasteiger charge is -2.11. The fourth-order valence-corrected chi connectivity index (χ4v) is 1.33. The molecule has 0 radical (unpaired) electrons. The average molecular weight is 205 g/mol. The summed E-state index contributed by atoms with van der Waals surface area (Å²) < 4.78 is 0. The van der Waals surface area contributed by atoms with E-state index in [1.165, 1.54) is 0 Å². The summed E-state index contributed by atoms with van der Waals surface area (Å²) in [5.74, 6) is -0.0184. The van der Waals surface area contributed by atoms with E-state index in [0.717, 1.165) is 5.69 Å². The molecule has 78 valence electrons. The molecule has 2 N–H and O–H groups in total. The van der Waals surface area contributed by atoms with Crippen LogP contribution in [0.3, 0.4) is 0 Å². The number of hydrogen-bond acceptors (Lipinski definition) is 5. The summed E-state index contributed by atoms with van der Waals surface area (Å²) in [4.78, 5) is 6.35. The van der Waals surface area contributed by atoms with Crippen LogP contribution in [0.15, 0.2) is 18.2 Å². The molecule has 0 saturated heterocycles. The topological polar surface area (TPSA) is 82.0 Å². The molecule has 0 saturated carbocycles. The number of nitrogens with two attached hydrogens (primary N) is 1. The van der Waals surface area contributed by atoms with E-state index in [9.17, 15) is 5.21 Å². The molecule has 1 heterocycles. The summed E-state index contributed by atoms with van der Waals surface area (Å²) in [6.45, 7) is 0. The Balaban J connectivity index is 2.71. The third kappa shape index (κ3) is 1.61. The van der Waals surface area contributed by atoms with Gasteiger partial charge in [0.2, 0.25) is 0 Å². The summed E-state index contributed by atoms with van der Waals surface area (Å²) in [6.07, 6.45) is 0. The van der Waals surface area contributed by atoms with Crippen LogP contribution in [0.2, 0.25) is 0 Å². The molecule has 0 bridgehead atoms. The van der Waals surface area contributed by atoms with Crippen molar-refractivity contribution in [3.8, 4) is 0 Å². The maximum absolute atomic E-state index is 11.4. The highest BCUT2D eigenvalue weighted by molar-refractivity contribution is 5.76. The normalized spacial score (nSPS) is 10.5. The number of hydrogen-bond donors (Lipinski definition) is 1. The molecule has 15 heavy (non-hydrogen) atoms. The van der Waals surface area contributed by atoms with E-state index in [1.54, 1.807) is 12.1 Å². The van der Waals surface area contributed by atoms with Crippen molar-refractivity contribution in [1.82, 2.24) is 10.1 Å². The van der Waals surface area contributed by atoms with Crippen molar-refractivity contribution in [3.63, 3.8) is 0 Å². The zero-order chi connectivity index (χ0) is 11.0. The standard InChI is InChI=1S/C9H11N5O/c1-13(2)6-3-4-7-8(5-6)14(15)12-9(10)11-7/h3-5H,1-2H3,(H2,10,11,12). The third-order valence-electron chi connectivity index (χ3n) is 2.11. The van der Waals surface area contributed by atoms with Gasteiger partial charge < -0.3 is 15.8 Å². The van der Waals surface area contributed by atoms with Gasteiger partial charge in [0.05, 0.1) is 5.10 Å². The van der Waals surface area contributed by atoms with E-state index in [-0.39, 0.29) is 5.95 Å². The van der Waals surface area contributed by atoms with Crippen LogP contribution in [-0.4, -0.2) is 24.2 Å². The Hall–Kier alpha value is -2.11. The van der Waals surface area contributed by atoms with Gasteiger partial charge in [-0.05, 0) is 17.0 Å². The second-order valence-corrected chi connectivity index (χ2v) is 3.41. The first-order valence-corrected chi connectivity index (χ1v) is 4.42. The van der Waals surface area contributed by atoms with Gasteiger partial charge in [-0.1, -0.05) is 0 Å². The zero-order valence-electron chi connectivity index (χ0n) is 8.51. The maximum atomic E-state index is 11.4. The molecule has 6 heteroatoms. The number of fused-ring (bicyclic) bond motifs is 1. The maximum Gasteiger partial charge on any atom is 0.288 e. The monoisotopic (exact) mass is 205 g/mol. The Kier molecular flexibility index (Phi) is 2.03. The molecule has 2 aromatic rings. The highest BCUT2D eigenvalue weighted by atomic mass is 16.5. The van der Waals surface area contributed by atoms with Gasteiger partial charge in [-0.15, -0.1) is 0 Å². The van der Waals surface area contributed by atoms with Crippen LogP contribution in [0, 0.1) is 5.21 Å². The fourth-order valence-electron chi connectivity index (χ4n) is 1.33. The largest absolute Gasteiger partial charge is 0.594 e. The third-order valence-corrected chi connectivity index (χ3v) is 2.11. The molecule has 0 fully saturated rings. The molecule has 6 nitrogen and oxygen atoms in total. The molecular weight excluding hydrogens is 194 g/mol. The van der Waals surface area contributed by atoms with E-state index in [2.05, 4.69) is 10.1 Å². The van der Waals surface area contributed by atoms with Gasteiger partial charge in [-0.25, -0.2) is 4.98 Å². The molecule has 0 unspecified atom stereocenters. The molecule has 1 aromatic heterocycles. The molecular formula is C9H11N5O. The Morgan fingerprint density at radius 2 is 2.13 bits per heavy atom. The number of benzene rings is 1. The number of anilines is 2. The lowest BCUT2D eigenvalue weighted by atomic mass is 10.2.